The first-order valence-corrected chi connectivity index (χ1v) is 10.0. The summed E-state index contributed by atoms with van der Waals surface area (Å²) in [6.07, 6.45) is 0. The molecule has 5 heteroatoms. The van der Waals surface area contributed by atoms with E-state index in [2.05, 4.69) is 5.32 Å². The molecule has 0 unspecified atom stereocenters. The second-order valence-corrected chi connectivity index (χ2v) is 7.06. The Balaban J connectivity index is 1.62. The van der Waals surface area contributed by atoms with Crippen LogP contribution in [-0.4, -0.2) is 18.4 Å². The number of hydrogen-bond donors (Lipinski definition) is 1. The van der Waals surface area contributed by atoms with Crippen molar-refractivity contribution in [1.82, 2.24) is 0 Å². The molecule has 1 N–H and O–H groups in total. The second kappa shape index (κ2) is 8.79. The van der Waals surface area contributed by atoms with Gasteiger partial charge in [0.05, 0.1) is 11.3 Å². The molecular weight excluding hydrogens is 391 g/mol. The van der Waals surface area contributed by atoms with Gasteiger partial charge in [-0.3, -0.25) is 9.59 Å². The van der Waals surface area contributed by atoms with Crippen molar-refractivity contribution in [2.75, 3.05) is 16.8 Å². The van der Waals surface area contributed by atoms with Crippen LogP contribution in [0.3, 0.4) is 0 Å². The number of amides is 2. The molecule has 4 aromatic carbocycles. The summed E-state index contributed by atoms with van der Waals surface area (Å²) in [5.74, 6) is -1.34. The molecule has 4 rings (SSSR count). The van der Waals surface area contributed by atoms with Gasteiger partial charge < -0.3 is 10.2 Å². The summed E-state index contributed by atoms with van der Waals surface area (Å²) in [6.45, 7) is 2.40. The third-order valence-electron chi connectivity index (χ3n) is 5.10. The summed E-state index contributed by atoms with van der Waals surface area (Å²) in [5, 5.41) is 4.71. The second-order valence-electron chi connectivity index (χ2n) is 7.06. The fourth-order valence-corrected chi connectivity index (χ4v) is 3.60. The quantitative estimate of drug-likeness (QED) is 0.444. The van der Waals surface area contributed by atoms with Gasteiger partial charge in [0.15, 0.2) is 0 Å². The Morgan fingerprint density at radius 3 is 2.39 bits per heavy atom. The third kappa shape index (κ3) is 4.16. The number of rotatable bonds is 5. The molecule has 0 atom stereocenters. The van der Waals surface area contributed by atoms with Crippen LogP contribution in [0.25, 0.3) is 10.8 Å². The van der Waals surface area contributed by atoms with Gasteiger partial charge in [-0.25, -0.2) is 4.39 Å². The molecule has 31 heavy (non-hydrogen) atoms. The maximum absolute atomic E-state index is 13.9. The monoisotopic (exact) mass is 412 g/mol. The lowest BCUT2D eigenvalue weighted by Crippen LogP contribution is -2.30. The fraction of sp³-hybridized carbons (Fsp3) is 0.0769. The summed E-state index contributed by atoms with van der Waals surface area (Å²) >= 11 is 0. The van der Waals surface area contributed by atoms with E-state index in [4.69, 9.17) is 0 Å². The number of hydrogen-bond acceptors (Lipinski definition) is 2. The van der Waals surface area contributed by atoms with Gasteiger partial charge in [-0.15, -0.1) is 0 Å². The number of nitrogens with zero attached hydrogens (tertiary/aromatic N) is 1. The summed E-state index contributed by atoms with van der Waals surface area (Å²) in [4.78, 5) is 27.5. The zero-order chi connectivity index (χ0) is 21.8. The molecule has 0 aromatic heterocycles. The van der Waals surface area contributed by atoms with Gasteiger partial charge in [-0.05, 0) is 48.7 Å². The Morgan fingerprint density at radius 1 is 0.871 bits per heavy atom. The van der Waals surface area contributed by atoms with E-state index in [0.29, 0.717) is 17.8 Å². The number of halogens is 1. The number of anilines is 2. The van der Waals surface area contributed by atoms with E-state index in [-0.39, 0.29) is 11.5 Å². The van der Waals surface area contributed by atoms with Gasteiger partial charge in [0, 0.05) is 23.2 Å². The smallest absolute Gasteiger partial charge is 0.258 e. The standard InChI is InChI=1S/C26H21FN2O2/c1-2-29(24-16-8-10-18-9-3-4-13-21(18)24)26(31)19-11-7-12-20(17-19)28-25(30)22-14-5-6-15-23(22)27/h3-17H,2H2,1H3,(H,28,30). The average Bonchev–Trinajstić information content (AvgIpc) is 2.80. The lowest BCUT2D eigenvalue weighted by Gasteiger charge is -2.23. The van der Waals surface area contributed by atoms with Crippen molar-refractivity contribution in [3.05, 3.63) is 108 Å². The minimum Gasteiger partial charge on any atom is -0.322 e. The molecule has 0 spiro atoms. The van der Waals surface area contributed by atoms with Crippen molar-refractivity contribution in [2.45, 2.75) is 6.92 Å². The summed E-state index contributed by atoms with van der Waals surface area (Å²) in [6, 6.07) is 26.2. The topological polar surface area (TPSA) is 49.4 Å². The van der Waals surface area contributed by atoms with Crippen molar-refractivity contribution >= 4 is 34.0 Å². The molecule has 0 aliphatic heterocycles. The number of carbonyl (C=O) groups excluding carboxylic acids is 2. The minimum atomic E-state index is -0.597. The molecule has 4 aromatic rings. The normalized spacial score (nSPS) is 10.6. The van der Waals surface area contributed by atoms with Crippen molar-refractivity contribution < 1.29 is 14.0 Å². The molecule has 0 fully saturated rings. The summed E-state index contributed by atoms with van der Waals surface area (Å²) < 4.78 is 13.9. The van der Waals surface area contributed by atoms with Gasteiger partial charge in [-0.1, -0.05) is 54.6 Å². The van der Waals surface area contributed by atoms with E-state index in [0.717, 1.165) is 16.5 Å². The van der Waals surface area contributed by atoms with E-state index >= 15 is 0 Å². The minimum absolute atomic E-state index is 0.0508. The molecule has 4 nitrogen and oxygen atoms in total. The summed E-state index contributed by atoms with van der Waals surface area (Å²) in [5.41, 5.74) is 1.63. The van der Waals surface area contributed by atoms with Gasteiger partial charge in [0.2, 0.25) is 0 Å². The Morgan fingerprint density at radius 2 is 1.58 bits per heavy atom. The largest absolute Gasteiger partial charge is 0.322 e. The van der Waals surface area contributed by atoms with Crippen LogP contribution < -0.4 is 10.2 Å². The van der Waals surface area contributed by atoms with Crippen LogP contribution in [-0.2, 0) is 0 Å². The van der Waals surface area contributed by atoms with Crippen LogP contribution in [0.5, 0.6) is 0 Å². The SMILES string of the molecule is CCN(C(=O)c1cccc(NC(=O)c2ccccc2F)c1)c1cccc2ccccc12. The predicted molar refractivity (Wildman–Crippen MR) is 122 cm³/mol. The van der Waals surface area contributed by atoms with Crippen LogP contribution in [0, 0.1) is 5.82 Å². The highest BCUT2D eigenvalue weighted by atomic mass is 19.1. The van der Waals surface area contributed by atoms with E-state index < -0.39 is 11.7 Å². The van der Waals surface area contributed by atoms with E-state index in [1.165, 1.54) is 18.2 Å². The van der Waals surface area contributed by atoms with Crippen molar-refractivity contribution in [1.29, 1.82) is 0 Å². The highest BCUT2D eigenvalue weighted by Gasteiger charge is 2.19. The molecule has 0 heterocycles. The predicted octanol–water partition coefficient (Wildman–Crippen LogP) is 5.90. The zero-order valence-corrected chi connectivity index (χ0v) is 17.0. The molecule has 0 aliphatic rings. The van der Waals surface area contributed by atoms with Crippen LogP contribution in [0.2, 0.25) is 0 Å². The number of fused-ring (bicyclic) bond motifs is 1. The van der Waals surface area contributed by atoms with E-state index in [1.807, 2.05) is 49.4 Å². The molecule has 0 bridgehead atoms. The third-order valence-corrected chi connectivity index (χ3v) is 5.10. The van der Waals surface area contributed by atoms with Crippen molar-refractivity contribution in [3.8, 4) is 0 Å². The number of nitrogens with one attached hydrogen (secondary N) is 1. The maximum Gasteiger partial charge on any atom is 0.258 e. The molecular formula is C26H21FN2O2. The number of benzene rings is 4. The van der Waals surface area contributed by atoms with E-state index in [9.17, 15) is 14.0 Å². The van der Waals surface area contributed by atoms with Crippen LogP contribution in [0.15, 0.2) is 91.0 Å². The highest BCUT2D eigenvalue weighted by molar-refractivity contribution is 6.11. The Hall–Kier alpha value is -3.99. The Bertz CT molecular complexity index is 1260. The van der Waals surface area contributed by atoms with E-state index in [1.54, 1.807) is 35.2 Å². The van der Waals surface area contributed by atoms with Crippen molar-refractivity contribution in [3.63, 3.8) is 0 Å². The van der Waals surface area contributed by atoms with Gasteiger partial charge in [0.1, 0.15) is 5.82 Å². The number of carbonyl (C=O) groups is 2. The van der Waals surface area contributed by atoms with Crippen LogP contribution in [0.1, 0.15) is 27.6 Å². The Kier molecular flexibility index (Phi) is 5.76. The average molecular weight is 412 g/mol. The molecule has 0 saturated carbocycles. The van der Waals surface area contributed by atoms with Crippen LogP contribution >= 0.6 is 0 Å². The zero-order valence-electron chi connectivity index (χ0n) is 17.0. The fourth-order valence-electron chi connectivity index (χ4n) is 3.60. The first kappa shape index (κ1) is 20.3. The van der Waals surface area contributed by atoms with Gasteiger partial charge in [0.25, 0.3) is 11.8 Å². The van der Waals surface area contributed by atoms with Gasteiger partial charge in [-0.2, -0.15) is 0 Å². The summed E-state index contributed by atoms with van der Waals surface area (Å²) in [7, 11) is 0. The maximum atomic E-state index is 13.9. The van der Waals surface area contributed by atoms with Crippen molar-refractivity contribution in [2.24, 2.45) is 0 Å². The lowest BCUT2D eigenvalue weighted by atomic mass is 10.1. The first-order valence-electron chi connectivity index (χ1n) is 10.0. The molecule has 0 radical (unpaired) electrons. The highest BCUT2D eigenvalue weighted by Crippen LogP contribution is 2.28. The molecule has 0 aliphatic carbocycles. The first-order chi connectivity index (χ1) is 15.1. The van der Waals surface area contributed by atoms with Gasteiger partial charge >= 0.3 is 0 Å². The molecule has 2 amide bonds. The lowest BCUT2D eigenvalue weighted by molar-refractivity contribution is 0.0985. The molecule has 154 valence electrons. The Labute approximate surface area is 179 Å². The molecule has 0 saturated heterocycles. The van der Waals surface area contributed by atoms with Crippen LogP contribution in [0.4, 0.5) is 15.8 Å².